The van der Waals surface area contributed by atoms with Gasteiger partial charge in [-0.15, -0.1) is 0 Å². The van der Waals surface area contributed by atoms with E-state index in [9.17, 15) is 4.79 Å². The fourth-order valence-electron chi connectivity index (χ4n) is 4.20. The average molecular weight is 388 g/mol. The predicted octanol–water partition coefficient (Wildman–Crippen LogP) is 3.24. The van der Waals surface area contributed by atoms with Gasteiger partial charge in [-0.2, -0.15) is 5.10 Å². The number of aromatic nitrogens is 2. The maximum absolute atomic E-state index is 12.7. The quantitative estimate of drug-likeness (QED) is 0.826. The second-order valence-electron chi connectivity index (χ2n) is 7.39. The number of halogens is 1. The van der Waals surface area contributed by atoms with E-state index in [1.807, 2.05) is 28.9 Å². The van der Waals surface area contributed by atoms with Crippen molar-refractivity contribution in [1.82, 2.24) is 20.0 Å². The molecule has 1 aliphatic carbocycles. The molecule has 0 bridgehead atoms. The Labute approximate surface area is 164 Å². The van der Waals surface area contributed by atoms with Crippen LogP contribution in [-0.4, -0.2) is 46.8 Å². The molecule has 2 aliphatic rings. The Bertz CT molecular complexity index is 786. The summed E-state index contributed by atoms with van der Waals surface area (Å²) < 4.78 is 1.98. The second kappa shape index (κ2) is 8.42. The highest BCUT2D eigenvalue weighted by molar-refractivity contribution is 6.30. The fraction of sp³-hybridized carbons (Fsp3) is 0.500. The molecule has 1 unspecified atom stereocenters. The van der Waals surface area contributed by atoms with Crippen molar-refractivity contribution in [3.8, 4) is 0 Å². The maximum Gasteiger partial charge on any atom is 0.239 e. The first-order valence-electron chi connectivity index (χ1n) is 9.74. The minimum absolute atomic E-state index is 0.00340. The molecule has 1 aromatic carbocycles. The van der Waals surface area contributed by atoms with Crippen molar-refractivity contribution in [3.63, 3.8) is 0 Å². The zero-order valence-electron chi connectivity index (χ0n) is 15.4. The number of hydrogen-bond donors (Lipinski definition) is 2. The van der Waals surface area contributed by atoms with Gasteiger partial charge in [0.25, 0.3) is 0 Å². The molecule has 1 saturated carbocycles. The lowest BCUT2D eigenvalue weighted by atomic mass is 10.0. The minimum Gasteiger partial charge on any atom is -0.314 e. The monoisotopic (exact) mass is 387 g/mol. The van der Waals surface area contributed by atoms with Gasteiger partial charge < -0.3 is 10.6 Å². The SMILES string of the molecule is O=C(CN1CCNCC1c1cccc(Cl)c1)Nc1ccnn1C1CCCC1. The van der Waals surface area contributed by atoms with Crippen LogP contribution in [0.5, 0.6) is 0 Å². The first kappa shape index (κ1) is 18.5. The summed E-state index contributed by atoms with van der Waals surface area (Å²) in [6.07, 6.45) is 6.52. The topological polar surface area (TPSA) is 62.2 Å². The molecule has 0 spiro atoms. The van der Waals surface area contributed by atoms with Gasteiger partial charge in [0.05, 0.1) is 18.8 Å². The molecule has 1 aromatic heterocycles. The van der Waals surface area contributed by atoms with Crippen LogP contribution in [0.25, 0.3) is 0 Å². The van der Waals surface area contributed by atoms with Gasteiger partial charge in [0.1, 0.15) is 5.82 Å². The van der Waals surface area contributed by atoms with E-state index < -0.39 is 0 Å². The van der Waals surface area contributed by atoms with Crippen LogP contribution in [0.2, 0.25) is 5.02 Å². The molecule has 0 radical (unpaired) electrons. The summed E-state index contributed by atoms with van der Waals surface area (Å²) >= 11 is 6.16. The molecular formula is C20H26ClN5O. The molecule has 2 heterocycles. The molecule has 27 heavy (non-hydrogen) atoms. The number of hydrogen-bond acceptors (Lipinski definition) is 4. The zero-order valence-corrected chi connectivity index (χ0v) is 16.2. The second-order valence-corrected chi connectivity index (χ2v) is 7.83. The van der Waals surface area contributed by atoms with E-state index in [-0.39, 0.29) is 11.9 Å². The predicted molar refractivity (Wildman–Crippen MR) is 107 cm³/mol. The van der Waals surface area contributed by atoms with Crippen LogP contribution >= 0.6 is 11.6 Å². The highest BCUT2D eigenvalue weighted by Gasteiger charge is 2.26. The molecule has 1 aliphatic heterocycles. The molecule has 1 atom stereocenters. The van der Waals surface area contributed by atoms with Crippen molar-refractivity contribution in [2.75, 3.05) is 31.5 Å². The largest absolute Gasteiger partial charge is 0.314 e. The maximum atomic E-state index is 12.7. The van der Waals surface area contributed by atoms with E-state index in [2.05, 4.69) is 26.7 Å². The minimum atomic E-state index is 0.00340. The van der Waals surface area contributed by atoms with Crippen molar-refractivity contribution in [3.05, 3.63) is 47.1 Å². The lowest BCUT2D eigenvalue weighted by molar-refractivity contribution is -0.118. The standard InChI is InChI=1S/C20H26ClN5O/c21-16-5-3-4-15(12-16)18-13-22-10-11-25(18)14-20(27)24-19-8-9-23-26(19)17-6-1-2-7-17/h3-5,8-9,12,17-18,22H,1-2,6-7,10-11,13-14H2,(H,24,27). The van der Waals surface area contributed by atoms with Gasteiger partial charge in [-0.1, -0.05) is 36.6 Å². The lowest BCUT2D eigenvalue weighted by Crippen LogP contribution is -2.48. The summed E-state index contributed by atoms with van der Waals surface area (Å²) in [4.78, 5) is 15.0. The Balaban J connectivity index is 1.43. The summed E-state index contributed by atoms with van der Waals surface area (Å²) in [5.74, 6) is 0.810. The van der Waals surface area contributed by atoms with Crippen molar-refractivity contribution in [2.45, 2.75) is 37.8 Å². The smallest absolute Gasteiger partial charge is 0.239 e. The molecule has 1 amide bonds. The molecule has 1 saturated heterocycles. The fourth-order valence-corrected chi connectivity index (χ4v) is 4.40. The van der Waals surface area contributed by atoms with Crippen LogP contribution in [-0.2, 0) is 4.79 Å². The van der Waals surface area contributed by atoms with E-state index in [1.165, 1.54) is 12.8 Å². The highest BCUT2D eigenvalue weighted by atomic mass is 35.5. The van der Waals surface area contributed by atoms with Crippen LogP contribution in [0.1, 0.15) is 43.3 Å². The normalized spacial score (nSPS) is 21.4. The molecule has 2 fully saturated rings. The van der Waals surface area contributed by atoms with Gasteiger partial charge >= 0.3 is 0 Å². The summed E-state index contributed by atoms with van der Waals surface area (Å²) in [6.45, 7) is 2.87. The Morgan fingerprint density at radius 3 is 2.96 bits per heavy atom. The molecule has 144 valence electrons. The van der Waals surface area contributed by atoms with E-state index in [0.29, 0.717) is 12.6 Å². The summed E-state index contributed by atoms with van der Waals surface area (Å²) in [7, 11) is 0. The number of rotatable bonds is 5. The van der Waals surface area contributed by atoms with E-state index in [0.717, 1.165) is 48.9 Å². The van der Waals surface area contributed by atoms with Crippen LogP contribution in [0.4, 0.5) is 5.82 Å². The Kier molecular flexibility index (Phi) is 5.76. The van der Waals surface area contributed by atoms with Crippen molar-refractivity contribution in [1.29, 1.82) is 0 Å². The number of anilines is 1. The van der Waals surface area contributed by atoms with Gasteiger partial charge in [-0.05, 0) is 30.5 Å². The first-order chi connectivity index (χ1) is 13.2. The van der Waals surface area contributed by atoms with Gasteiger partial charge in [0, 0.05) is 36.8 Å². The van der Waals surface area contributed by atoms with E-state index in [1.54, 1.807) is 6.20 Å². The van der Waals surface area contributed by atoms with Gasteiger partial charge in [0.15, 0.2) is 0 Å². The Hall–Kier alpha value is -1.89. The highest BCUT2D eigenvalue weighted by Crippen LogP contribution is 2.31. The number of carbonyl (C=O) groups is 1. The summed E-state index contributed by atoms with van der Waals surface area (Å²) in [6, 6.07) is 10.3. The average Bonchev–Trinajstić information content (AvgIpc) is 3.33. The molecular weight excluding hydrogens is 362 g/mol. The molecule has 6 nitrogen and oxygen atoms in total. The third-order valence-electron chi connectivity index (χ3n) is 5.54. The summed E-state index contributed by atoms with van der Waals surface area (Å²) in [5, 5.41) is 11.6. The van der Waals surface area contributed by atoms with E-state index >= 15 is 0 Å². The number of carbonyl (C=O) groups excluding carboxylic acids is 1. The molecule has 2 aromatic rings. The number of nitrogens with one attached hydrogen (secondary N) is 2. The van der Waals surface area contributed by atoms with Gasteiger partial charge in [0.2, 0.25) is 5.91 Å². The molecule has 4 rings (SSSR count). The molecule has 7 heteroatoms. The lowest BCUT2D eigenvalue weighted by Gasteiger charge is -2.36. The Morgan fingerprint density at radius 2 is 2.15 bits per heavy atom. The van der Waals surface area contributed by atoms with Crippen molar-refractivity contribution < 1.29 is 4.79 Å². The number of benzene rings is 1. The molecule has 2 N–H and O–H groups in total. The van der Waals surface area contributed by atoms with Gasteiger partial charge in [-0.25, -0.2) is 4.68 Å². The van der Waals surface area contributed by atoms with Crippen LogP contribution in [0.3, 0.4) is 0 Å². The van der Waals surface area contributed by atoms with Crippen LogP contribution in [0, 0.1) is 0 Å². The van der Waals surface area contributed by atoms with Crippen LogP contribution in [0.15, 0.2) is 36.5 Å². The zero-order chi connectivity index (χ0) is 18.6. The number of nitrogens with zero attached hydrogens (tertiary/aromatic N) is 3. The van der Waals surface area contributed by atoms with E-state index in [4.69, 9.17) is 11.6 Å². The number of piperazine rings is 1. The first-order valence-corrected chi connectivity index (χ1v) is 10.1. The van der Waals surface area contributed by atoms with Crippen molar-refractivity contribution in [2.24, 2.45) is 0 Å². The van der Waals surface area contributed by atoms with Gasteiger partial charge in [-0.3, -0.25) is 9.69 Å². The summed E-state index contributed by atoms with van der Waals surface area (Å²) in [5.41, 5.74) is 1.14. The third-order valence-corrected chi connectivity index (χ3v) is 5.78. The third kappa shape index (κ3) is 4.34. The van der Waals surface area contributed by atoms with Crippen LogP contribution < -0.4 is 10.6 Å². The Morgan fingerprint density at radius 1 is 1.30 bits per heavy atom. The number of amides is 1. The van der Waals surface area contributed by atoms with Crippen molar-refractivity contribution >= 4 is 23.3 Å².